The van der Waals surface area contributed by atoms with Crippen LogP contribution in [0, 0.1) is 0 Å². The van der Waals surface area contributed by atoms with E-state index < -0.39 is 8.07 Å². The SMILES string of the molecule is [Cl-].[Cl-].[Cl-].[Ti+3][C]1=C([Si]2(c3ccccc3)CCCC2)C(Cc2ccccc2)=CC1. The molecule has 0 aromatic heterocycles. The van der Waals surface area contributed by atoms with Crippen LogP contribution < -0.4 is 42.4 Å². The molecule has 2 aliphatic rings. The van der Waals surface area contributed by atoms with Crippen LogP contribution in [0.15, 0.2) is 81.4 Å². The maximum atomic E-state index is 2.52. The molecule has 140 valence electrons. The number of hydrogen-bond acceptors (Lipinski definition) is 0. The van der Waals surface area contributed by atoms with Crippen LogP contribution >= 0.6 is 0 Å². The van der Waals surface area contributed by atoms with Gasteiger partial charge in [-0.1, -0.05) is 0 Å². The van der Waals surface area contributed by atoms with E-state index in [4.69, 9.17) is 0 Å². The molecule has 27 heavy (non-hydrogen) atoms. The molecule has 0 spiro atoms. The first-order valence-corrected chi connectivity index (χ1v) is 12.2. The Kier molecular flexibility index (Phi) is 10.1. The molecule has 1 heterocycles. The fourth-order valence-corrected chi connectivity index (χ4v) is 11.8. The summed E-state index contributed by atoms with van der Waals surface area (Å²) in [6.07, 6.45) is 7.62. The molecule has 4 rings (SSSR count). The van der Waals surface area contributed by atoms with Crippen LogP contribution in [-0.2, 0) is 26.9 Å². The van der Waals surface area contributed by atoms with Gasteiger partial charge in [0.25, 0.3) is 0 Å². The van der Waals surface area contributed by atoms with E-state index in [1.54, 1.807) is 19.8 Å². The summed E-state index contributed by atoms with van der Waals surface area (Å²) in [5.41, 5.74) is 3.09. The Hall–Kier alpha value is -0.279. The van der Waals surface area contributed by atoms with Gasteiger partial charge in [0, 0.05) is 0 Å². The third-order valence-corrected chi connectivity index (χ3v) is 12.2. The minimum atomic E-state index is -1.54. The van der Waals surface area contributed by atoms with Crippen molar-refractivity contribution in [3.05, 3.63) is 87.0 Å². The van der Waals surface area contributed by atoms with Crippen LogP contribution in [0.4, 0.5) is 0 Å². The molecular weight excluding hydrogens is 447 g/mol. The van der Waals surface area contributed by atoms with Gasteiger partial charge in [-0.25, -0.2) is 0 Å². The van der Waals surface area contributed by atoms with Crippen LogP contribution in [0.25, 0.3) is 0 Å². The molecule has 1 saturated heterocycles. The van der Waals surface area contributed by atoms with Crippen molar-refractivity contribution in [2.24, 2.45) is 0 Å². The second-order valence-corrected chi connectivity index (χ2v) is 12.3. The van der Waals surface area contributed by atoms with Crippen molar-refractivity contribution in [1.29, 1.82) is 0 Å². The topological polar surface area (TPSA) is 0 Å². The Morgan fingerprint density at radius 1 is 0.778 bits per heavy atom. The molecule has 0 unspecified atom stereocenters. The van der Waals surface area contributed by atoms with E-state index in [9.17, 15) is 0 Å². The zero-order valence-corrected chi connectivity index (χ0v) is 20.1. The van der Waals surface area contributed by atoms with E-state index in [1.165, 1.54) is 36.9 Å². The predicted octanol–water partition coefficient (Wildman–Crippen LogP) is -3.94. The molecule has 1 aliphatic carbocycles. The van der Waals surface area contributed by atoms with Gasteiger partial charge in [0.2, 0.25) is 0 Å². The molecule has 0 nitrogen and oxygen atoms in total. The summed E-state index contributed by atoms with van der Waals surface area (Å²) in [6.45, 7) is 0. The third kappa shape index (κ3) is 5.02. The van der Waals surface area contributed by atoms with Crippen molar-refractivity contribution in [2.75, 3.05) is 0 Å². The predicted molar refractivity (Wildman–Crippen MR) is 101 cm³/mol. The quantitative estimate of drug-likeness (QED) is 0.401. The number of halogens is 3. The van der Waals surface area contributed by atoms with Crippen LogP contribution in [0.3, 0.4) is 0 Å². The third-order valence-electron chi connectivity index (χ3n) is 5.67. The molecule has 0 radical (unpaired) electrons. The maximum absolute atomic E-state index is 2.52. The second-order valence-electron chi connectivity index (χ2n) is 7.10. The molecule has 0 amide bonds. The van der Waals surface area contributed by atoms with Gasteiger partial charge in [-0.15, -0.1) is 0 Å². The Morgan fingerprint density at radius 2 is 1.33 bits per heavy atom. The molecule has 1 fully saturated rings. The van der Waals surface area contributed by atoms with Gasteiger partial charge < -0.3 is 37.2 Å². The van der Waals surface area contributed by atoms with Crippen molar-refractivity contribution in [3.63, 3.8) is 0 Å². The van der Waals surface area contributed by atoms with Crippen molar-refractivity contribution in [1.82, 2.24) is 0 Å². The van der Waals surface area contributed by atoms with Crippen LogP contribution in [0.1, 0.15) is 24.8 Å². The molecule has 0 bridgehead atoms. The molecule has 0 atom stereocenters. The zero-order chi connectivity index (χ0) is 16.4. The van der Waals surface area contributed by atoms with E-state index in [-0.39, 0.29) is 37.2 Å². The van der Waals surface area contributed by atoms with Gasteiger partial charge in [0.15, 0.2) is 0 Å². The Morgan fingerprint density at radius 3 is 1.93 bits per heavy atom. The summed E-state index contributed by atoms with van der Waals surface area (Å²) in [5, 5.41) is 3.47. The van der Waals surface area contributed by atoms with Gasteiger partial charge in [-0.05, 0) is 0 Å². The molecule has 0 N–H and O–H groups in total. The standard InChI is InChI=1S/C22H23Si.3ClH.Ti/c1-3-10-19(11-4-1)18-20-12-9-15-22(20)23(16-7-8-17-23)21-13-5-2-6-14-21;;;;/h1-6,10-14H,7-9,16-18H2;3*1H;/q;;;;+3/p-3. The summed E-state index contributed by atoms with van der Waals surface area (Å²) >= 11 is 2.39. The molecule has 0 saturated carbocycles. The van der Waals surface area contributed by atoms with Crippen LogP contribution in [0.2, 0.25) is 12.1 Å². The minimum absolute atomic E-state index is 0. The van der Waals surface area contributed by atoms with Gasteiger partial charge >= 0.3 is 158 Å². The van der Waals surface area contributed by atoms with Crippen molar-refractivity contribution >= 4 is 13.3 Å². The average molecular weight is 470 g/mol. The summed E-state index contributed by atoms with van der Waals surface area (Å²) in [7, 11) is -1.54. The zero-order valence-electron chi connectivity index (χ0n) is 15.2. The molecule has 2 aromatic rings. The van der Waals surface area contributed by atoms with E-state index >= 15 is 0 Å². The summed E-state index contributed by atoms with van der Waals surface area (Å²) < 4.78 is 1.65. The fourth-order valence-electron chi connectivity index (χ4n) is 4.61. The second kappa shape index (κ2) is 11.0. The first kappa shape index (κ1) is 24.8. The van der Waals surface area contributed by atoms with Crippen LogP contribution in [-0.4, -0.2) is 8.07 Å². The number of benzene rings is 2. The normalized spacial score (nSPS) is 17.5. The average Bonchev–Trinajstić information content (AvgIpc) is 3.25. The molecule has 2 aromatic carbocycles. The van der Waals surface area contributed by atoms with Gasteiger partial charge in [-0.3, -0.25) is 0 Å². The van der Waals surface area contributed by atoms with Crippen molar-refractivity contribution in [3.8, 4) is 0 Å². The monoisotopic (exact) mass is 468 g/mol. The van der Waals surface area contributed by atoms with Gasteiger partial charge in [0.1, 0.15) is 0 Å². The summed E-state index contributed by atoms with van der Waals surface area (Å²) in [5.74, 6) is 0. The van der Waals surface area contributed by atoms with Gasteiger partial charge in [0.05, 0.1) is 0 Å². The number of rotatable bonds is 4. The molecule has 1 aliphatic heterocycles. The molecular formula is C22H23Cl3SiTi. The Bertz CT molecular complexity index is 782. The Balaban J connectivity index is 0.00000121. The summed E-state index contributed by atoms with van der Waals surface area (Å²) in [4.78, 5) is 0. The first-order valence-electron chi connectivity index (χ1n) is 9.04. The first-order chi connectivity index (χ1) is 11.8. The number of hydrogen-bond donors (Lipinski definition) is 0. The molecule has 5 heteroatoms. The number of allylic oxidation sites excluding steroid dienone is 4. The van der Waals surface area contributed by atoms with Crippen molar-refractivity contribution in [2.45, 2.75) is 37.8 Å². The Labute approximate surface area is 194 Å². The van der Waals surface area contributed by atoms with Gasteiger partial charge in [-0.2, -0.15) is 0 Å². The fraction of sp³-hybridized carbons (Fsp3) is 0.273. The van der Waals surface area contributed by atoms with E-state index in [1.807, 2.05) is 0 Å². The van der Waals surface area contributed by atoms with Crippen LogP contribution in [0.5, 0.6) is 0 Å². The van der Waals surface area contributed by atoms with Crippen molar-refractivity contribution < 1.29 is 57.7 Å². The van der Waals surface area contributed by atoms with E-state index in [0.29, 0.717) is 0 Å². The van der Waals surface area contributed by atoms with E-state index in [2.05, 4.69) is 87.2 Å². The van der Waals surface area contributed by atoms with E-state index in [0.717, 1.165) is 6.42 Å². The summed E-state index contributed by atoms with van der Waals surface area (Å²) in [6, 6.07) is 25.4.